The van der Waals surface area contributed by atoms with E-state index in [-0.39, 0.29) is 0 Å². The summed E-state index contributed by atoms with van der Waals surface area (Å²) in [4.78, 5) is 4.12. The molecule has 3 nitrogen and oxygen atoms in total. The zero-order valence-electron chi connectivity index (χ0n) is 10.2. The number of halogens is 2. The third-order valence-corrected chi connectivity index (χ3v) is 3.23. The van der Waals surface area contributed by atoms with Gasteiger partial charge in [0.1, 0.15) is 17.7 Å². The van der Waals surface area contributed by atoms with Gasteiger partial charge in [0.2, 0.25) is 0 Å². The summed E-state index contributed by atoms with van der Waals surface area (Å²) < 4.78 is 26.4. The van der Waals surface area contributed by atoms with E-state index in [4.69, 9.17) is 0 Å². The summed E-state index contributed by atoms with van der Waals surface area (Å²) in [5, 5.41) is 9.23. The lowest BCUT2D eigenvalue weighted by Gasteiger charge is -2.35. The monoisotopic (exact) mass is 251 g/mol. The third-order valence-electron chi connectivity index (χ3n) is 3.23. The molecule has 1 saturated heterocycles. The molecule has 96 valence electrons. The third kappa shape index (κ3) is 2.84. The van der Waals surface area contributed by atoms with Crippen LogP contribution in [-0.4, -0.2) is 43.0 Å². The largest absolute Gasteiger partial charge is 0.304 e. The minimum Gasteiger partial charge on any atom is -0.304 e. The number of rotatable bonds is 2. The van der Waals surface area contributed by atoms with Crippen molar-refractivity contribution in [2.75, 3.05) is 33.2 Å². The maximum atomic E-state index is 13.2. The van der Waals surface area contributed by atoms with Crippen molar-refractivity contribution in [1.29, 1.82) is 5.26 Å². The first kappa shape index (κ1) is 12.9. The Labute approximate surface area is 105 Å². The average Bonchev–Trinajstić information content (AvgIpc) is 2.31. The van der Waals surface area contributed by atoms with Crippen LogP contribution < -0.4 is 0 Å². The van der Waals surface area contributed by atoms with Gasteiger partial charge in [-0.25, -0.2) is 8.78 Å². The zero-order valence-corrected chi connectivity index (χ0v) is 10.2. The van der Waals surface area contributed by atoms with Crippen molar-refractivity contribution in [3.05, 3.63) is 35.4 Å². The van der Waals surface area contributed by atoms with Crippen molar-refractivity contribution in [1.82, 2.24) is 9.80 Å². The first-order valence-electron chi connectivity index (χ1n) is 5.88. The van der Waals surface area contributed by atoms with Crippen LogP contribution in [-0.2, 0) is 0 Å². The van der Waals surface area contributed by atoms with Crippen LogP contribution in [0.2, 0.25) is 0 Å². The van der Waals surface area contributed by atoms with Crippen molar-refractivity contribution in [3.63, 3.8) is 0 Å². The number of likely N-dealkylation sites (N-methyl/N-ethyl adjacent to an activating group) is 1. The fourth-order valence-corrected chi connectivity index (χ4v) is 2.18. The Kier molecular flexibility index (Phi) is 3.90. The molecule has 1 heterocycles. The first-order chi connectivity index (χ1) is 8.60. The summed E-state index contributed by atoms with van der Waals surface area (Å²) in [6, 6.07) is 4.84. The normalized spacial score (nSPS) is 19.4. The summed E-state index contributed by atoms with van der Waals surface area (Å²) in [7, 11) is 2.01. The highest BCUT2D eigenvalue weighted by Gasteiger charge is 2.24. The van der Waals surface area contributed by atoms with E-state index in [1.54, 1.807) is 0 Å². The van der Waals surface area contributed by atoms with Crippen LogP contribution in [0.1, 0.15) is 11.6 Å². The molecule has 5 heteroatoms. The van der Waals surface area contributed by atoms with Gasteiger partial charge in [0, 0.05) is 32.2 Å². The molecule has 0 aromatic heterocycles. The molecule has 1 unspecified atom stereocenters. The van der Waals surface area contributed by atoms with E-state index in [0.717, 1.165) is 32.2 Å². The molecule has 0 bridgehead atoms. The molecular weight excluding hydrogens is 236 g/mol. The average molecular weight is 251 g/mol. The predicted molar refractivity (Wildman–Crippen MR) is 63.8 cm³/mol. The molecule has 0 N–H and O–H groups in total. The van der Waals surface area contributed by atoms with E-state index < -0.39 is 17.7 Å². The van der Waals surface area contributed by atoms with Crippen LogP contribution >= 0.6 is 0 Å². The second-order valence-corrected chi connectivity index (χ2v) is 4.57. The van der Waals surface area contributed by atoms with Crippen molar-refractivity contribution in [3.8, 4) is 6.07 Å². The molecule has 0 radical (unpaired) electrons. The Morgan fingerprint density at radius 3 is 2.17 bits per heavy atom. The highest BCUT2D eigenvalue weighted by Crippen LogP contribution is 2.23. The molecule has 0 amide bonds. The van der Waals surface area contributed by atoms with E-state index in [2.05, 4.69) is 11.0 Å². The van der Waals surface area contributed by atoms with Crippen molar-refractivity contribution in [2.24, 2.45) is 0 Å². The van der Waals surface area contributed by atoms with Gasteiger partial charge in [-0.1, -0.05) is 0 Å². The highest BCUT2D eigenvalue weighted by molar-refractivity contribution is 5.26. The molecule has 1 aliphatic rings. The summed E-state index contributed by atoms with van der Waals surface area (Å²) in [5.74, 6) is -1.28. The van der Waals surface area contributed by atoms with Gasteiger partial charge in [-0.3, -0.25) is 4.90 Å². The molecule has 1 fully saturated rings. The number of hydrogen-bond acceptors (Lipinski definition) is 3. The van der Waals surface area contributed by atoms with E-state index in [1.165, 1.54) is 12.1 Å². The van der Waals surface area contributed by atoms with E-state index in [9.17, 15) is 14.0 Å². The Hall–Kier alpha value is -1.51. The Morgan fingerprint density at radius 1 is 1.11 bits per heavy atom. The molecule has 1 aliphatic heterocycles. The van der Waals surface area contributed by atoms with Gasteiger partial charge in [0.05, 0.1) is 6.07 Å². The molecule has 0 spiro atoms. The van der Waals surface area contributed by atoms with Gasteiger partial charge < -0.3 is 4.90 Å². The summed E-state index contributed by atoms with van der Waals surface area (Å²) >= 11 is 0. The molecule has 18 heavy (non-hydrogen) atoms. The van der Waals surface area contributed by atoms with E-state index in [1.807, 2.05) is 11.9 Å². The lowest BCUT2D eigenvalue weighted by Crippen LogP contribution is -2.45. The Balaban J connectivity index is 2.20. The van der Waals surface area contributed by atoms with Gasteiger partial charge in [0.25, 0.3) is 0 Å². The number of nitriles is 1. The van der Waals surface area contributed by atoms with Crippen molar-refractivity contribution >= 4 is 0 Å². The van der Waals surface area contributed by atoms with Gasteiger partial charge in [-0.2, -0.15) is 5.26 Å². The highest BCUT2D eigenvalue weighted by atomic mass is 19.1. The van der Waals surface area contributed by atoms with Crippen LogP contribution in [0.5, 0.6) is 0 Å². The second-order valence-electron chi connectivity index (χ2n) is 4.57. The van der Waals surface area contributed by atoms with Gasteiger partial charge >= 0.3 is 0 Å². The number of nitrogens with zero attached hydrogens (tertiary/aromatic N) is 3. The molecule has 0 saturated carbocycles. The quantitative estimate of drug-likeness (QED) is 0.802. The SMILES string of the molecule is CN1CCN(C(C#N)c2cc(F)cc(F)c2)CC1. The van der Waals surface area contributed by atoms with Crippen LogP contribution in [0.25, 0.3) is 0 Å². The zero-order chi connectivity index (χ0) is 13.1. The summed E-state index contributed by atoms with van der Waals surface area (Å²) in [6.07, 6.45) is 0. The number of hydrogen-bond donors (Lipinski definition) is 0. The molecule has 1 aromatic rings. The Bertz CT molecular complexity index is 442. The standard InChI is InChI=1S/C13H15F2N3/c1-17-2-4-18(5-3-17)13(9-16)10-6-11(14)8-12(15)7-10/h6-8,13H,2-5H2,1H3. The van der Waals surface area contributed by atoms with E-state index in [0.29, 0.717) is 5.56 Å². The number of piperazine rings is 1. The van der Waals surface area contributed by atoms with Crippen LogP contribution in [0.15, 0.2) is 18.2 Å². The Morgan fingerprint density at radius 2 is 1.67 bits per heavy atom. The smallest absolute Gasteiger partial charge is 0.126 e. The van der Waals surface area contributed by atoms with Crippen LogP contribution in [0, 0.1) is 23.0 Å². The summed E-state index contributed by atoms with van der Waals surface area (Å²) in [6.45, 7) is 3.17. The second kappa shape index (κ2) is 5.42. The lowest BCUT2D eigenvalue weighted by molar-refractivity contribution is 0.132. The minimum absolute atomic E-state index is 0.388. The summed E-state index contributed by atoms with van der Waals surface area (Å²) in [5.41, 5.74) is 0.388. The fourth-order valence-electron chi connectivity index (χ4n) is 2.18. The maximum Gasteiger partial charge on any atom is 0.126 e. The predicted octanol–water partition coefficient (Wildman–Crippen LogP) is 1.78. The first-order valence-corrected chi connectivity index (χ1v) is 5.88. The van der Waals surface area contributed by atoms with Crippen molar-refractivity contribution < 1.29 is 8.78 Å². The van der Waals surface area contributed by atoms with Crippen molar-refractivity contribution in [2.45, 2.75) is 6.04 Å². The number of benzene rings is 1. The molecule has 1 aromatic carbocycles. The maximum absolute atomic E-state index is 13.2. The fraction of sp³-hybridized carbons (Fsp3) is 0.462. The van der Waals surface area contributed by atoms with Crippen LogP contribution in [0.3, 0.4) is 0 Å². The minimum atomic E-state index is -0.639. The van der Waals surface area contributed by atoms with Gasteiger partial charge in [0.15, 0.2) is 0 Å². The lowest BCUT2D eigenvalue weighted by atomic mass is 10.1. The molecule has 1 atom stereocenters. The topological polar surface area (TPSA) is 30.3 Å². The van der Waals surface area contributed by atoms with Gasteiger partial charge in [-0.05, 0) is 24.7 Å². The molecular formula is C13H15F2N3. The molecule has 2 rings (SSSR count). The molecule has 0 aliphatic carbocycles. The van der Waals surface area contributed by atoms with Crippen LogP contribution in [0.4, 0.5) is 8.78 Å². The van der Waals surface area contributed by atoms with Gasteiger partial charge in [-0.15, -0.1) is 0 Å². The van der Waals surface area contributed by atoms with E-state index >= 15 is 0 Å².